The zero-order chi connectivity index (χ0) is 14.0. The van der Waals surface area contributed by atoms with Crippen molar-refractivity contribution in [1.82, 2.24) is 10.6 Å². The lowest BCUT2D eigenvalue weighted by atomic mass is 10.2. The third-order valence-electron chi connectivity index (χ3n) is 3.09. The van der Waals surface area contributed by atoms with E-state index in [-0.39, 0.29) is 5.91 Å². The van der Waals surface area contributed by atoms with Gasteiger partial charge in [0.15, 0.2) is 0 Å². The Morgan fingerprint density at radius 2 is 1.85 bits per heavy atom. The fraction of sp³-hybridized carbons (Fsp3) is 0.533. The summed E-state index contributed by atoms with van der Waals surface area (Å²) in [6.07, 6.45) is 2.12. The lowest BCUT2D eigenvalue weighted by molar-refractivity contribution is 0.0909. The highest BCUT2D eigenvalue weighted by Gasteiger charge is 2.11. The second-order valence-electron chi connectivity index (χ2n) is 4.67. The van der Waals surface area contributed by atoms with Gasteiger partial charge in [-0.25, -0.2) is 0 Å². The maximum Gasteiger partial charge on any atom is 0.255 e. The third-order valence-corrected chi connectivity index (χ3v) is 3.09. The van der Waals surface area contributed by atoms with Gasteiger partial charge in [0, 0.05) is 19.7 Å². The fourth-order valence-corrected chi connectivity index (χ4v) is 2.03. The van der Waals surface area contributed by atoms with Crippen molar-refractivity contribution in [3.63, 3.8) is 0 Å². The molecule has 1 aliphatic heterocycles. The Bertz CT molecular complexity index is 423. The number of nitrogens with one attached hydrogen (secondary N) is 2. The number of rotatable bonds is 0. The molecule has 0 fully saturated rings. The second-order valence-corrected chi connectivity index (χ2v) is 4.67. The van der Waals surface area contributed by atoms with Crippen LogP contribution in [0.25, 0.3) is 0 Å². The highest BCUT2D eigenvalue weighted by molar-refractivity contribution is 5.96. The second kappa shape index (κ2) is 8.55. The minimum absolute atomic E-state index is 0.118. The number of carbonyl (C=O) groups excluding carboxylic acids is 1. The Kier molecular flexibility index (Phi) is 6.34. The van der Waals surface area contributed by atoms with Crippen LogP contribution in [0.2, 0.25) is 0 Å². The quantitative estimate of drug-likeness (QED) is 0.748. The standard InChI is InChI=1S/C15H22N2O3/c18-15-13-5-1-2-6-14(13)20-12-8-16-7-3-4-10-19-11-9-17-15/h1-2,5-6,16H,3-4,7-12H2,(H,17,18). The van der Waals surface area contributed by atoms with Crippen LogP contribution in [0.5, 0.6) is 5.75 Å². The van der Waals surface area contributed by atoms with Crippen LogP contribution in [0.1, 0.15) is 23.2 Å². The first-order valence-corrected chi connectivity index (χ1v) is 7.16. The molecule has 1 amide bonds. The first-order chi connectivity index (χ1) is 9.88. The van der Waals surface area contributed by atoms with Gasteiger partial charge in [0.05, 0.1) is 12.2 Å². The zero-order valence-electron chi connectivity index (χ0n) is 11.7. The summed E-state index contributed by atoms with van der Waals surface area (Å²) < 4.78 is 11.2. The van der Waals surface area contributed by atoms with Gasteiger partial charge in [-0.05, 0) is 31.5 Å². The third kappa shape index (κ3) is 4.83. The summed E-state index contributed by atoms with van der Waals surface area (Å²) >= 11 is 0. The fourth-order valence-electron chi connectivity index (χ4n) is 2.03. The van der Waals surface area contributed by atoms with Gasteiger partial charge in [-0.15, -0.1) is 0 Å². The molecule has 2 rings (SSSR count). The van der Waals surface area contributed by atoms with Crippen molar-refractivity contribution in [2.45, 2.75) is 12.8 Å². The number of benzene rings is 1. The van der Waals surface area contributed by atoms with Gasteiger partial charge in [-0.3, -0.25) is 4.79 Å². The number of amides is 1. The SMILES string of the molecule is O=C1NCCOCCCCNCCOc2ccccc21. The lowest BCUT2D eigenvalue weighted by Crippen LogP contribution is -2.28. The summed E-state index contributed by atoms with van der Waals surface area (Å²) in [7, 11) is 0. The number of ether oxygens (including phenoxy) is 2. The molecule has 20 heavy (non-hydrogen) atoms. The Morgan fingerprint density at radius 1 is 0.950 bits per heavy atom. The molecule has 1 aromatic carbocycles. The highest BCUT2D eigenvalue weighted by Crippen LogP contribution is 2.17. The van der Waals surface area contributed by atoms with E-state index in [9.17, 15) is 4.79 Å². The summed E-state index contributed by atoms with van der Waals surface area (Å²) in [5.74, 6) is 0.509. The Labute approximate surface area is 119 Å². The van der Waals surface area contributed by atoms with Gasteiger partial charge in [0.1, 0.15) is 12.4 Å². The molecule has 1 heterocycles. The van der Waals surface area contributed by atoms with Gasteiger partial charge >= 0.3 is 0 Å². The average Bonchev–Trinajstić information content (AvgIpc) is 2.48. The smallest absolute Gasteiger partial charge is 0.255 e. The van der Waals surface area contributed by atoms with E-state index < -0.39 is 0 Å². The summed E-state index contributed by atoms with van der Waals surface area (Å²) in [4.78, 5) is 12.1. The molecule has 0 spiro atoms. The topological polar surface area (TPSA) is 59.6 Å². The van der Waals surface area contributed by atoms with E-state index in [1.54, 1.807) is 6.07 Å². The molecule has 1 aromatic rings. The van der Waals surface area contributed by atoms with Crippen LogP contribution in [0, 0.1) is 0 Å². The highest BCUT2D eigenvalue weighted by atomic mass is 16.5. The first-order valence-electron chi connectivity index (χ1n) is 7.16. The molecule has 5 heteroatoms. The minimum Gasteiger partial charge on any atom is -0.491 e. The number of hydrogen-bond donors (Lipinski definition) is 2. The Hall–Kier alpha value is -1.59. The summed E-state index contributed by atoms with van der Waals surface area (Å²) in [6.45, 7) is 4.10. The normalized spacial score (nSPS) is 18.9. The van der Waals surface area contributed by atoms with Crippen molar-refractivity contribution in [1.29, 1.82) is 0 Å². The predicted molar refractivity (Wildman–Crippen MR) is 77.2 cm³/mol. The molecule has 0 aliphatic carbocycles. The van der Waals surface area contributed by atoms with Crippen LogP contribution in [0.4, 0.5) is 0 Å². The average molecular weight is 278 g/mol. The molecule has 0 radical (unpaired) electrons. The van der Waals surface area contributed by atoms with Gasteiger partial charge in [-0.2, -0.15) is 0 Å². The molecule has 0 aromatic heterocycles. The predicted octanol–water partition coefficient (Wildman–Crippen LogP) is 1.20. The zero-order valence-corrected chi connectivity index (χ0v) is 11.7. The van der Waals surface area contributed by atoms with E-state index in [2.05, 4.69) is 10.6 Å². The van der Waals surface area contributed by atoms with Crippen LogP contribution in [-0.4, -0.2) is 45.4 Å². The van der Waals surface area contributed by atoms with E-state index in [0.717, 1.165) is 32.5 Å². The van der Waals surface area contributed by atoms with Crippen LogP contribution >= 0.6 is 0 Å². The van der Waals surface area contributed by atoms with Gasteiger partial charge in [-0.1, -0.05) is 12.1 Å². The number of para-hydroxylation sites is 1. The molecule has 0 saturated carbocycles. The summed E-state index contributed by atoms with van der Waals surface area (Å²) in [5.41, 5.74) is 0.572. The van der Waals surface area contributed by atoms with Crippen molar-refractivity contribution < 1.29 is 14.3 Å². The van der Waals surface area contributed by atoms with E-state index in [1.165, 1.54) is 0 Å². The van der Waals surface area contributed by atoms with Crippen LogP contribution in [0.3, 0.4) is 0 Å². The minimum atomic E-state index is -0.118. The largest absolute Gasteiger partial charge is 0.491 e. The van der Waals surface area contributed by atoms with Gasteiger partial charge < -0.3 is 20.1 Å². The van der Waals surface area contributed by atoms with Crippen molar-refractivity contribution in [3.05, 3.63) is 29.8 Å². The molecule has 0 bridgehead atoms. The molecule has 0 unspecified atom stereocenters. The summed E-state index contributed by atoms with van der Waals surface area (Å²) in [5, 5.41) is 6.16. The van der Waals surface area contributed by atoms with Crippen molar-refractivity contribution in [2.24, 2.45) is 0 Å². The monoisotopic (exact) mass is 278 g/mol. The van der Waals surface area contributed by atoms with Crippen molar-refractivity contribution in [2.75, 3.05) is 39.5 Å². The first kappa shape index (κ1) is 14.8. The molecular formula is C15H22N2O3. The van der Waals surface area contributed by atoms with Crippen LogP contribution in [0.15, 0.2) is 24.3 Å². The molecule has 1 aliphatic rings. The number of hydrogen-bond acceptors (Lipinski definition) is 4. The Balaban J connectivity index is 1.98. The van der Waals surface area contributed by atoms with Crippen LogP contribution < -0.4 is 15.4 Å². The lowest BCUT2D eigenvalue weighted by Gasteiger charge is -2.11. The van der Waals surface area contributed by atoms with Crippen LogP contribution in [-0.2, 0) is 4.74 Å². The van der Waals surface area contributed by atoms with E-state index in [0.29, 0.717) is 31.1 Å². The molecule has 0 saturated heterocycles. The van der Waals surface area contributed by atoms with E-state index >= 15 is 0 Å². The maximum atomic E-state index is 12.1. The molecule has 5 nitrogen and oxygen atoms in total. The molecule has 0 atom stereocenters. The van der Waals surface area contributed by atoms with E-state index in [4.69, 9.17) is 9.47 Å². The Morgan fingerprint density at radius 3 is 2.80 bits per heavy atom. The van der Waals surface area contributed by atoms with Gasteiger partial charge in [0.25, 0.3) is 5.91 Å². The van der Waals surface area contributed by atoms with E-state index in [1.807, 2.05) is 18.2 Å². The summed E-state index contributed by atoms with van der Waals surface area (Å²) in [6, 6.07) is 7.31. The molecule has 2 N–H and O–H groups in total. The molecule has 110 valence electrons. The van der Waals surface area contributed by atoms with Crippen molar-refractivity contribution >= 4 is 5.91 Å². The molecular weight excluding hydrogens is 256 g/mol. The van der Waals surface area contributed by atoms with Crippen molar-refractivity contribution in [3.8, 4) is 5.75 Å². The maximum absolute atomic E-state index is 12.1. The van der Waals surface area contributed by atoms with Gasteiger partial charge in [0.2, 0.25) is 0 Å². The number of fused-ring (bicyclic) bond motifs is 1. The number of carbonyl (C=O) groups is 1.